The van der Waals surface area contributed by atoms with Gasteiger partial charge < -0.3 is 19.5 Å². The number of hydrogen-bond acceptors (Lipinski definition) is 11. The van der Waals surface area contributed by atoms with Crippen LogP contribution in [0.4, 0.5) is 11.6 Å². The molecule has 2 saturated heterocycles. The summed E-state index contributed by atoms with van der Waals surface area (Å²) >= 11 is 0. The smallest absolute Gasteiger partial charge is 0.227 e. The molecule has 0 radical (unpaired) electrons. The van der Waals surface area contributed by atoms with Crippen molar-refractivity contribution in [2.75, 3.05) is 38.7 Å². The molecular formula is C30H33N9O3. The zero-order valence-corrected chi connectivity index (χ0v) is 23.7. The van der Waals surface area contributed by atoms with Crippen molar-refractivity contribution in [1.82, 2.24) is 35.1 Å². The van der Waals surface area contributed by atoms with Gasteiger partial charge in [0.05, 0.1) is 44.2 Å². The van der Waals surface area contributed by atoms with Crippen LogP contribution < -0.4 is 14.8 Å². The number of ether oxygens (including phenoxy) is 3. The Morgan fingerprint density at radius 2 is 1.88 bits per heavy atom. The number of nitrogens with one attached hydrogen (secondary N) is 1. The molecule has 0 saturated carbocycles. The minimum atomic E-state index is -0.255. The van der Waals surface area contributed by atoms with Crippen molar-refractivity contribution < 1.29 is 14.2 Å². The van der Waals surface area contributed by atoms with E-state index in [0.29, 0.717) is 35.8 Å². The van der Waals surface area contributed by atoms with Crippen LogP contribution in [0, 0.1) is 11.3 Å². The van der Waals surface area contributed by atoms with Gasteiger partial charge in [-0.05, 0) is 84.6 Å². The topological polar surface area (TPSA) is 136 Å². The van der Waals surface area contributed by atoms with Gasteiger partial charge in [0.2, 0.25) is 5.95 Å². The molecule has 2 aliphatic heterocycles. The van der Waals surface area contributed by atoms with E-state index in [1.165, 1.54) is 11.9 Å². The van der Waals surface area contributed by atoms with Crippen molar-refractivity contribution in [1.29, 1.82) is 5.26 Å². The summed E-state index contributed by atoms with van der Waals surface area (Å²) in [5.74, 6) is 2.18. The number of anilines is 2. The standard InChI is InChI=1S/C30H33N9O3/c1-20(16-39-19-34-36-37-39)42-29-12-23(3-4-24(29)13-31)25-14-32-30(33-15-25)35-27-11-22(5-6-28(27)40-2)21-7-9-38(10-8-21)26-17-41-18-26/h3-6,11-12,14-15,19-21,26H,7-10,16-18H2,1-2H3,(H,32,33,35)/t20-/m0/s1. The normalized spacial score (nSPS) is 16.8. The Hall–Kier alpha value is -4.60. The van der Waals surface area contributed by atoms with Crippen molar-refractivity contribution in [2.24, 2.45) is 0 Å². The fourth-order valence-electron chi connectivity index (χ4n) is 5.44. The molecule has 6 rings (SSSR count). The molecule has 0 spiro atoms. The molecule has 1 atom stereocenters. The van der Waals surface area contributed by atoms with Crippen LogP contribution in [0.2, 0.25) is 0 Å². The monoisotopic (exact) mass is 567 g/mol. The molecule has 12 heteroatoms. The van der Waals surface area contributed by atoms with Gasteiger partial charge in [-0.2, -0.15) is 5.26 Å². The first kappa shape index (κ1) is 27.6. The van der Waals surface area contributed by atoms with Gasteiger partial charge in [0.1, 0.15) is 30.0 Å². The van der Waals surface area contributed by atoms with E-state index in [9.17, 15) is 5.26 Å². The first-order valence-electron chi connectivity index (χ1n) is 14.1. The van der Waals surface area contributed by atoms with Crippen molar-refractivity contribution in [3.63, 3.8) is 0 Å². The van der Waals surface area contributed by atoms with Crippen LogP contribution in [0.5, 0.6) is 11.5 Å². The Labute approximate surface area is 244 Å². The lowest BCUT2D eigenvalue weighted by molar-refractivity contribution is -0.0712. The molecule has 216 valence electrons. The minimum Gasteiger partial charge on any atom is -0.495 e. The van der Waals surface area contributed by atoms with Gasteiger partial charge >= 0.3 is 0 Å². The SMILES string of the molecule is COc1ccc(C2CCN(C3COC3)CC2)cc1Nc1ncc(-c2ccc(C#N)c(O[C@@H](C)Cn3cnnn3)c2)cn1. The Morgan fingerprint density at radius 3 is 2.55 bits per heavy atom. The summed E-state index contributed by atoms with van der Waals surface area (Å²) in [6.45, 7) is 6.27. The number of likely N-dealkylation sites (tertiary alicyclic amines) is 1. The molecule has 2 aromatic heterocycles. The number of nitriles is 1. The zero-order chi connectivity index (χ0) is 28.9. The number of piperidine rings is 1. The highest BCUT2D eigenvalue weighted by Crippen LogP contribution is 2.36. The lowest BCUT2D eigenvalue weighted by atomic mass is 9.88. The van der Waals surface area contributed by atoms with Crippen LogP contribution in [0.15, 0.2) is 55.1 Å². The van der Waals surface area contributed by atoms with Crippen LogP contribution >= 0.6 is 0 Å². The van der Waals surface area contributed by atoms with Gasteiger partial charge in [-0.3, -0.25) is 4.90 Å². The highest BCUT2D eigenvalue weighted by Gasteiger charge is 2.30. The largest absolute Gasteiger partial charge is 0.495 e. The molecule has 0 amide bonds. The van der Waals surface area contributed by atoms with E-state index in [1.807, 2.05) is 25.1 Å². The number of aromatic nitrogens is 6. The van der Waals surface area contributed by atoms with E-state index in [1.54, 1.807) is 30.3 Å². The minimum absolute atomic E-state index is 0.255. The molecule has 12 nitrogen and oxygen atoms in total. The number of benzene rings is 2. The molecule has 2 fully saturated rings. The number of nitrogens with zero attached hydrogens (tertiary/aromatic N) is 8. The number of tetrazole rings is 1. The first-order chi connectivity index (χ1) is 20.6. The molecular weight excluding hydrogens is 534 g/mol. The summed E-state index contributed by atoms with van der Waals surface area (Å²) in [4.78, 5) is 11.7. The first-order valence-corrected chi connectivity index (χ1v) is 14.1. The summed E-state index contributed by atoms with van der Waals surface area (Å²) in [7, 11) is 1.66. The summed E-state index contributed by atoms with van der Waals surface area (Å²) in [5.41, 5.74) is 4.20. The van der Waals surface area contributed by atoms with Crippen molar-refractivity contribution >= 4 is 11.6 Å². The van der Waals surface area contributed by atoms with E-state index in [4.69, 9.17) is 14.2 Å². The lowest BCUT2D eigenvalue weighted by Gasteiger charge is -2.41. The van der Waals surface area contributed by atoms with Crippen molar-refractivity contribution in [2.45, 2.75) is 44.4 Å². The highest BCUT2D eigenvalue weighted by molar-refractivity contribution is 5.68. The van der Waals surface area contributed by atoms with E-state index >= 15 is 0 Å². The van der Waals surface area contributed by atoms with Crippen molar-refractivity contribution in [3.05, 3.63) is 66.2 Å². The number of hydrogen-bond donors (Lipinski definition) is 1. The maximum atomic E-state index is 9.60. The van der Waals surface area contributed by atoms with E-state index < -0.39 is 0 Å². The molecule has 0 aliphatic carbocycles. The third kappa shape index (κ3) is 6.17. The molecule has 4 heterocycles. The Bertz CT molecular complexity index is 1530. The third-order valence-electron chi connectivity index (χ3n) is 7.86. The predicted octanol–water partition coefficient (Wildman–Crippen LogP) is 3.80. The van der Waals surface area contributed by atoms with Gasteiger partial charge in [0, 0.05) is 18.0 Å². The van der Waals surface area contributed by atoms with E-state index in [-0.39, 0.29) is 6.10 Å². The average molecular weight is 568 g/mol. The summed E-state index contributed by atoms with van der Waals surface area (Å²) in [6.07, 6.45) is 7.02. The summed E-state index contributed by atoms with van der Waals surface area (Å²) < 4.78 is 18.7. The maximum Gasteiger partial charge on any atom is 0.227 e. The molecule has 42 heavy (non-hydrogen) atoms. The molecule has 4 aromatic rings. The second-order valence-electron chi connectivity index (χ2n) is 10.7. The predicted molar refractivity (Wildman–Crippen MR) is 155 cm³/mol. The van der Waals surface area contributed by atoms with Gasteiger partial charge in [-0.15, -0.1) is 5.10 Å². The van der Waals surface area contributed by atoms with E-state index in [0.717, 1.165) is 61.7 Å². The van der Waals surface area contributed by atoms with Crippen LogP contribution in [-0.4, -0.2) is 80.6 Å². The quantitative estimate of drug-likeness (QED) is 0.300. The fourth-order valence-corrected chi connectivity index (χ4v) is 5.44. The second kappa shape index (κ2) is 12.5. The third-order valence-corrected chi connectivity index (χ3v) is 7.86. The Balaban J connectivity index is 1.14. The van der Waals surface area contributed by atoms with Gasteiger partial charge in [-0.25, -0.2) is 14.6 Å². The van der Waals surface area contributed by atoms with Crippen LogP contribution in [0.25, 0.3) is 11.1 Å². The number of methoxy groups -OCH3 is 1. The van der Waals surface area contributed by atoms with Crippen LogP contribution in [-0.2, 0) is 11.3 Å². The molecule has 2 aliphatic rings. The van der Waals surface area contributed by atoms with Crippen molar-refractivity contribution in [3.8, 4) is 28.7 Å². The van der Waals surface area contributed by atoms with Crippen LogP contribution in [0.3, 0.4) is 0 Å². The lowest BCUT2D eigenvalue weighted by Crippen LogP contribution is -2.51. The fraction of sp³-hybridized carbons (Fsp3) is 0.400. The second-order valence-corrected chi connectivity index (χ2v) is 10.7. The summed E-state index contributed by atoms with van der Waals surface area (Å²) in [5, 5.41) is 24.1. The molecule has 1 N–H and O–H groups in total. The Morgan fingerprint density at radius 1 is 1.07 bits per heavy atom. The number of rotatable bonds is 10. The van der Waals surface area contributed by atoms with E-state index in [2.05, 4.69) is 53.9 Å². The summed E-state index contributed by atoms with van der Waals surface area (Å²) in [6, 6.07) is 14.5. The van der Waals surface area contributed by atoms with Gasteiger partial charge in [0.15, 0.2) is 0 Å². The highest BCUT2D eigenvalue weighted by atomic mass is 16.5. The maximum absolute atomic E-state index is 9.60. The van der Waals surface area contributed by atoms with Crippen LogP contribution in [0.1, 0.15) is 36.8 Å². The Kier molecular flexibility index (Phi) is 8.21. The molecule has 0 bridgehead atoms. The molecule has 2 aromatic carbocycles. The molecule has 0 unspecified atom stereocenters. The zero-order valence-electron chi connectivity index (χ0n) is 23.7. The van der Waals surface area contributed by atoms with Gasteiger partial charge in [-0.1, -0.05) is 12.1 Å². The van der Waals surface area contributed by atoms with Gasteiger partial charge in [0.25, 0.3) is 0 Å². The average Bonchev–Trinajstić information content (AvgIpc) is 3.50.